The minimum atomic E-state index is -1.04. The smallest absolute Gasteiger partial charge is 0.335 e. The van der Waals surface area contributed by atoms with Crippen molar-refractivity contribution >= 4 is 41.0 Å². The zero-order chi connectivity index (χ0) is 26.1. The van der Waals surface area contributed by atoms with Crippen LogP contribution in [0.25, 0.3) is 0 Å². The second-order valence-electron chi connectivity index (χ2n) is 9.99. The highest BCUT2D eigenvalue weighted by molar-refractivity contribution is 6.21. The Morgan fingerprint density at radius 2 is 1.11 bits per heavy atom. The first-order chi connectivity index (χ1) is 16.3. The van der Waals surface area contributed by atoms with Crippen LogP contribution in [0.5, 0.6) is 0 Å². The van der Waals surface area contributed by atoms with Gasteiger partial charge in [-0.2, -0.15) is 0 Å². The van der Waals surface area contributed by atoms with Gasteiger partial charge in [0.05, 0.1) is 16.9 Å². The molecule has 2 aliphatic heterocycles. The number of anilines is 2. The second-order valence-corrected chi connectivity index (χ2v) is 9.99. The molecule has 2 atom stereocenters. The predicted molar refractivity (Wildman–Crippen MR) is 131 cm³/mol. The minimum Gasteiger partial charge on any atom is -0.478 e. The van der Waals surface area contributed by atoms with Crippen LogP contribution in [0.3, 0.4) is 0 Å². The van der Waals surface area contributed by atoms with Gasteiger partial charge < -0.3 is 5.11 Å². The lowest BCUT2D eigenvalue weighted by Crippen LogP contribution is -2.30. The Balaban J connectivity index is 0.000000196. The minimum absolute atomic E-state index is 0.0743. The van der Waals surface area contributed by atoms with E-state index in [1.165, 1.54) is 34.7 Å². The van der Waals surface area contributed by atoms with Gasteiger partial charge in [-0.05, 0) is 47.4 Å². The molecule has 0 radical (unpaired) electrons. The van der Waals surface area contributed by atoms with Crippen LogP contribution in [0.1, 0.15) is 63.4 Å². The van der Waals surface area contributed by atoms with Gasteiger partial charge >= 0.3 is 5.97 Å². The van der Waals surface area contributed by atoms with E-state index in [4.69, 9.17) is 5.11 Å². The highest BCUT2D eigenvalue weighted by atomic mass is 16.4. The van der Waals surface area contributed by atoms with Gasteiger partial charge in [0.2, 0.25) is 23.6 Å². The van der Waals surface area contributed by atoms with Crippen LogP contribution >= 0.6 is 0 Å². The van der Waals surface area contributed by atoms with Crippen molar-refractivity contribution in [1.82, 2.24) is 0 Å². The van der Waals surface area contributed by atoms with E-state index in [1.807, 2.05) is 24.3 Å². The molecule has 0 spiro atoms. The van der Waals surface area contributed by atoms with E-state index in [0.717, 1.165) is 4.90 Å². The first-order valence-corrected chi connectivity index (χ1v) is 11.5. The summed E-state index contributed by atoms with van der Waals surface area (Å²) in [4.78, 5) is 60.1. The zero-order valence-corrected chi connectivity index (χ0v) is 20.6. The molecular weight excluding hydrogens is 448 g/mol. The van der Waals surface area contributed by atoms with Crippen LogP contribution < -0.4 is 9.80 Å². The second kappa shape index (κ2) is 9.82. The van der Waals surface area contributed by atoms with Gasteiger partial charge in [0.25, 0.3) is 0 Å². The summed E-state index contributed by atoms with van der Waals surface area (Å²) in [5, 5.41) is 8.74. The van der Waals surface area contributed by atoms with Crippen molar-refractivity contribution in [2.45, 2.75) is 52.9 Å². The highest BCUT2D eigenvalue weighted by Gasteiger charge is 2.37. The monoisotopic (exact) mass is 478 g/mol. The Hall–Kier alpha value is -3.81. The van der Waals surface area contributed by atoms with Gasteiger partial charge in [-0.3, -0.25) is 29.0 Å². The summed E-state index contributed by atoms with van der Waals surface area (Å²) >= 11 is 0. The summed E-state index contributed by atoms with van der Waals surface area (Å²) in [6.45, 7) is 9.90. The number of imide groups is 2. The Kier molecular flexibility index (Phi) is 7.24. The largest absolute Gasteiger partial charge is 0.478 e. The number of carboxylic acids is 1. The van der Waals surface area contributed by atoms with Gasteiger partial charge in [0.15, 0.2) is 0 Å². The molecule has 2 saturated heterocycles. The lowest BCUT2D eigenvalue weighted by atomic mass is 9.87. The lowest BCUT2D eigenvalue weighted by molar-refractivity contribution is -0.123. The van der Waals surface area contributed by atoms with Gasteiger partial charge in [-0.25, -0.2) is 4.79 Å². The molecule has 8 heteroatoms. The van der Waals surface area contributed by atoms with Crippen molar-refractivity contribution in [3.05, 3.63) is 59.7 Å². The topological polar surface area (TPSA) is 112 Å². The number of hydrogen-bond acceptors (Lipinski definition) is 5. The average molecular weight is 479 g/mol. The summed E-state index contributed by atoms with van der Waals surface area (Å²) in [5.41, 5.74) is 2.50. The number of amides is 4. The van der Waals surface area contributed by atoms with Crippen molar-refractivity contribution in [1.29, 1.82) is 0 Å². The summed E-state index contributed by atoms with van der Waals surface area (Å²) in [5.74, 6) is -2.21. The van der Waals surface area contributed by atoms with E-state index in [1.54, 1.807) is 13.8 Å². The Morgan fingerprint density at radius 3 is 1.40 bits per heavy atom. The van der Waals surface area contributed by atoms with Crippen molar-refractivity contribution in [3.63, 3.8) is 0 Å². The van der Waals surface area contributed by atoms with Crippen LogP contribution in [-0.2, 0) is 24.6 Å². The quantitative estimate of drug-likeness (QED) is 0.663. The molecule has 2 aromatic carbocycles. The first-order valence-electron chi connectivity index (χ1n) is 11.5. The summed E-state index contributed by atoms with van der Waals surface area (Å²) in [7, 11) is 0. The molecule has 2 heterocycles. The molecule has 2 fully saturated rings. The SMILES string of the molecule is CC1CC(=O)N(c2ccc(C(=O)O)cc2)C1=O.CC1CC(=O)N(c2ccc(C(C)(C)C)cc2)C1=O. The van der Waals surface area contributed by atoms with Crippen LogP contribution in [0, 0.1) is 11.8 Å². The molecule has 4 amide bonds. The molecule has 2 aromatic rings. The maximum Gasteiger partial charge on any atom is 0.335 e. The number of rotatable bonds is 3. The van der Waals surface area contributed by atoms with Gasteiger partial charge in [-0.1, -0.05) is 46.8 Å². The van der Waals surface area contributed by atoms with Crippen LogP contribution in [0.4, 0.5) is 11.4 Å². The first kappa shape index (κ1) is 25.8. The van der Waals surface area contributed by atoms with Crippen molar-refractivity contribution in [2.24, 2.45) is 11.8 Å². The third kappa shape index (κ3) is 5.48. The van der Waals surface area contributed by atoms with E-state index < -0.39 is 5.97 Å². The van der Waals surface area contributed by atoms with Crippen molar-refractivity contribution < 1.29 is 29.1 Å². The summed E-state index contributed by atoms with van der Waals surface area (Å²) in [6.07, 6.45) is 0.527. The van der Waals surface area contributed by atoms with E-state index in [-0.39, 0.29) is 52.9 Å². The molecule has 2 unspecified atom stereocenters. The predicted octanol–water partition coefficient (Wildman–Crippen LogP) is 4.17. The maximum absolute atomic E-state index is 11.9. The van der Waals surface area contributed by atoms with E-state index >= 15 is 0 Å². The summed E-state index contributed by atoms with van der Waals surface area (Å²) in [6, 6.07) is 13.4. The number of nitrogens with zero attached hydrogens (tertiary/aromatic N) is 2. The maximum atomic E-state index is 11.9. The van der Waals surface area contributed by atoms with Gasteiger partial charge in [0, 0.05) is 24.7 Å². The Bertz CT molecular complexity index is 1160. The fourth-order valence-corrected chi connectivity index (χ4v) is 3.97. The molecule has 0 saturated carbocycles. The third-order valence-electron chi connectivity index (χ3n) is 6.11. The molecule has 4 rings (SSSR count). The molecule has 35 heavy (non-hydrogen) atoms. The summed E-state index contributed by atoms with van der Waals surface area (Å²) < 4.78 is 0. The third-order valence-corrected chi connectivity index (χ3v) is 6.11. The fraction of sp³-hybridized carbons (Fsp3) is 0.370. The number of carbonyl (C=O) groups excluding carboxylic acids is 4. The van der Waals surface area contributed by atoms with Crippen LogP contribution in [0.2, 0.25) is 0 Å². The van der Waals surface area contributed by atoms with E-state index in [9.17, 15) is 24.0 Å². The molecule has 1 N–H and O–H groups in total. The van der Waals surface area contributed by atoms with Crippen LogP contribution in [0.15, 0.2) is 48.5 Å². The average Bonchev–Trinajstić information content (AvgIpc) is 3.20. The highest BCUT2D eigenvalue weighted by Crippen LogP contribution is 2.29. The standard InChI is InChI=1S/C15H19NO2.C12H11NO4/c1-10-9-13(17)16(14(10)18)12-7-5-11(6-8-12)15(2,3)4;1-7-6-10(14)13(11(7)15)9-4-2-8(3-5-9)12(16)17/h5-8,10H,9H2,1-4H3;2-5,7H,6H2,1H3,(H,16,17). The van der Waals surface area contributed by atoms with Crippen molar-refractivity contribution in [2.75, 3.05) is 9.80 Å². The number of aromatic carboxylic acids is 1. The number of benzene rings is 2. The fourth-order valence-electron chi connectivity index (χ4n) is 3.97. The molecular formula is C27H30N2O6. The molecule has 0 aromatic heterocycles. The Labute approximate surface area is 204 Å². The number of hydrogen-bond donors (Lipinski definition) is 1. The molecule has 0 aliphatic carbocycles. The van der Waals surface area contributed by atoms with E-state index in [0.29, 0.717) is 17.8 Å². The molecule has 2 aliphatic rings. The molecule has 184 valence electrons. The molecule has 0 bridgehead atoms. The number of carboxylic acid groups (broad SMARTS) is 1. The normalized spacial score (nSPS) is 20.3. The Morgan fingerprint density at radius 1 is 0.743 bits per heavy atom. The number of carbonyl (C=O) groups is 5. The van der Waals surface area contributed by atoms with Crippen molar-refractivity contribution in [3.8, 4) is 0 Å². The van der Waals surface area contributed by atoms with Gasteiger partial charge in [0.1, 0.15) is 0 Å². The van der Waals surface area contributed by atoms with Gasteiger partial charge in [-0.15, -0.1) is 0 Å². The van der Waals surface area contributed by atoms with E-state index in [2.05, 4.69) is 20.8 Å². The zero-order valence-electron chi connectivity index (χ0n) is 20.6. The van der Waals surface area contributed by atoms with Crippen LogP contribution in [-0.4, -0.2) is 34.7 Å². The molecule has 8 nitrogen and oxygen atoms in total. The lowest BCUT2D eigenvalue weighted by Gasteiger charge is -2.21.